The maximum atomic E-state index is 6.45. The van der Waals surface area contributed by atoms with Crippen LogP contribution >= 0.6 is 0 Å². The van der Waals surface area contributed by atoms with Crippen molar-refractivity contribution in [3.05, 3.63) is 83.1 Å². The first-order valence-corrected chi connectivity index (χ1v) is 16.4. The molecule has 4 unspecified atom stereocenters. The summed E-state index contributed by atoms with van der Waals surface area (Å²) in [5, 5.41) is 15.0. The molecule has 0 aromatic heterocycles. The van der Waals surface area contributed by atoms with Gasteiger partial charge in [0.25, 0.3) is 0 Å². The molecule has 2 heterocycles. The van der Waals surface area contributed by atoms with E-state index in [1.165, 1.54) is 53.8 Å². The predicted molar refractivity (Wildman–Crippen MR) is 176 cm³/mol. The van der Waals surface area contributed by atoms with E-state index >= 15 is 0 Å². The minimum Gasteiger partial charge on any atom is -0.383 e. The van der Waals surface area contributed by atoms with E-state index in [1.807, 2.05) is 0 Å². The summed E-state index contributed by atoms with van der Waals surface area (Å²) in [4.78, 5) is 2.39. The Bertz CT molecular complexity index is 1270. The molecule has 6 rings (SSSR count). The fourth-order valence-electron chi connectivity index (χ4n) is 7.34. The molecule has 1 saturated carbocycles. The zero-order valence-electron chi connectivity index (χ0n) is 26.5. The summed E-state index contributed by atoms with van der Waals surface area (Å²) in [6, 6.07) is 19.0. The van der Waals surface area contributed by atoms with E-state index in [4.69, 9.17) is 9.47 Å². The van der Waals surface area contributed by atoms with Crippen LogP contribution < -0.4 is 21.3 Å². The molecule has 7 heteroatoms. The van der Waals surface area contributed by atoms with E-state index in [1.54, 1.807) is 7.11 Å². The number of ether oxygens (including phenoxy) is 2. The first-order valence-electron chi connectivity index (χ1n) is 16.4. The van der Waals surface area contributed by atoms with E-state index in [2.05, 4.69) is 108 Å². The number of benzene rings is 2. The van der Waals surface area contributed by atoms with E-state index in [-0.39, 0.29) is 11.9 Å². The van der Waals surface area contributed by atoms with Gasteiger partial charge in [-0.15, -0.1) is 0 Å². The molecule has 0 spiro atoms. The molecular weight excluding hydrogens is 534 g/mol. The third-order valence-corrected chi connectivity index (χ3v) is 9.95. The Balaban J connectivity index is 1.13. The predicted octanol–water partition coefficient (Wildman–Crippen LogP) is 5.78. The van der Waals surface area contributed by atoms with Crippen LogP contribution in [-0.2, 0) is 15.9 Å². The molecule has 232 valence electrons. The summed E-state index contributed by atoms with van der Waals surface area (Å²) in [5.74, 6) is 0.542. The largest absolute Gasteiger partial charge is 0.383 e. The number of methoxy groups -OCH3 is 1. The smallest absolute Gasteiger partial charge is 0.123 e. The zero-order chi connectivity index (χ0) is 29.8. The summed E-state index contributed by atoms with van der Waals surface area (Å²) in [5.41, 5.74) is 7.35. The van der Waals surface area contributed by atoms with Gasteiger partial charge in [-0.1, -0.05) is 48.6 Å². The van der Waals surface area contributed by atoms with Gasteiger partial charge in [0.15, 0.2) is 0 Å². The van der Waals surface area contributed by atoms with Crippen LogP contribution in [-0.4, -0.2) is 63.2 Å². The average molecular weight is 586 g/mol. The lowest BCUT2D eigenvalue weighted by Gasteiger charge is -2.33. The van der Waals surface area contributed by atoms with Crippen molar-refractivity contribution in [2.75, 3.05) is 39.7 Å². The fraction of sp³-hybridized carbons (Fsp3) is 0.556. The van der Waals surface area contributed by atoms with Crippen LogP contribution in [0.25, 0.3) is 5.70 Å². The quantitative estimate of drug-likeness (QED) is 0.197. The molecule has 1 saturated heterocycles. The number of fused-ring (bicyclic) bond motifs is 1. The summed E-state index contributed by atoms with van der Waals surface area (Å²) < 4.78 is 11.6. The van der Waals surface area contributed by atoms with Gasteiger partial charge in [-0.25, -0.2) is 0 Å². The van der Waals surface area contributed by atoms with Gasteiger partial charge >= 0.3 is 0 Å². The van der Waals surface area contributed by atoms with Gasteiger partial charge in [0.1, 0.15) is 11.9 Å². The average Bonchev–Trinajstić information content (AvgIpc) is 3.62. The third-order valence-electron chi connectivity index (χ3n) is 9.95. The monoisotopic (exact) mass is 585 g/mol. The van der Waals surface area contributed by atoms with E-state index in [0.717, 1.165) is 37.9 Å². The van der Waals surface area contributed by atoms with Crippen LogP contribution in [0.4, 0.5) is 5.69 Å². The molecule has 2 aromatic carbocycles. The van der Waals surface area contributed by atoms with Gasteiger partial charge in [0.05, 0.1) is 24.4 Å². The fourth-order valence-corrected chi connectivity index (χ4v) is 7.34. The maximum Gasteiger partial charge on any atom is 0.123 e. The lowest BCUT2D eigenvalue weighted by atomic mass is 9.82. The van der Waals surface area contributed by atoms with Crippen molar-refractivity contribution in [3.8, 4) is 0 Å². The topological polar surface area (TPSA) is 69.8 Å². The third kappa shape index (κ3) is 7.12. The van der Waals surface area contributed by atoms with Crippen LogP contribution in [0.15, 0.2) is 66.4 Å². The first kappa shape index (κ1) is 30.2. The summed E-state index contributed by atoms with van der Waals surface area (Å²) in [6.07, 6.45) is 14.1. The lowest BCUT2D eigenvalue weighted by molar-refractivity contribution is -0.0455. The molecule has 2 aromatic rings. The SMILES string of the molecule is COCCNc1ccc(C2=C(C3CCC(N(C)C)CC3)NC(c3ccc(CCC4(C)NC5C=CCCC5O4)cc3)N2)cc1. The lowest BCUT2D eigenvalue weighted by Crippen LogP contribution is -2.41. The Morgan fingerprint density at radius 3 is 2.44 bits per heavy atom. The van der Waals surface area contributed by atoms with Gasteiger partial charge in [-0.05, 0) is 101 Å². The van der Waals surface area contributed by atoms with Gasteiger partial charge in [-0.3, -0.25) is 5.32 Å². The molecule has 4 N–H and O–H groups in total. The number of rotatable bonds is 11. The Hall–Kier alpha value is -2.84. The Morgan fingerprint density at radius 2 is 1.74 bits per heavy atom. The number of hydrogen-bond acceptors (Lipinski definition) is 7. The second kappa shape index (κ2) is 13.4. The van der Waals surface area contributed by atoms with Crippen molar-refractivity contribution in [1.82, 2.24) is 20.9 Å². The molecule has 0 radical (unpaired) electrons. The highest BCUT2D eigenvalue weighted by Gasteiger charge is 2.41. The van der Waals surface area contributed by atoms with Crippen molar-refractivity contribution in [3.63, 3.8) is 0 Å². The Morgan fingerprint density at radius 1 is 0.977 bits per heavy atom. The molecule has 4 atom stereocenters. The van der Waals surface area contributed by atoms with Crippen LogP contribution in [0.1, 0.15) is 74.7 Å². The second-order valence-electron chi connectivity index (χ2n) is 13.3. The number of aryl methyl sites for hydroxylation is 1. The van der Waals surface area contributed by atoms with Crippen LogP contribution in [0, 0.1) is 5.92 Å². The number of hydrogen-bond donors (Lipinski definition) is 4. The van der Waals surface area contributed by atoms with Crippen LogP contribution in [0.2, 0.25) is 0 Å². The highest BCUT2D eigenvalue weighted by molar-refractivity contribution is 5.71. The number of allylic oxidation sites excluding steroid dienone is 2. The molecule has 7 nitrogen and oxygen atoms in total. The maximum absolute atomic E-state index is 6.45. The number of nitrogens with zero attached hydrogens (tertiary/aromatic N) is 1. The molecule has 43 heavy (non-hydrogen) atoms. The molecule has 2 aliphatic heterocycles. The molecule has 4 aliphatic rings. The van der Waals surface area contributed by atoms with Crippen molar-refractivity contribution < 1.29 is 9.47 Å². The second-order valence-corrected chi connectivity index (χ2v) is 13.3. The highest BCUT2D eigenvalue weighted by Crippen LogP contribution is 2.38. The summed E-state index contributed by atoms with van der Waals surface area (Å²) in [6.45, 7) is 3.71. The molecule has 0 amide bonds. The highest BCUT2D eigenvalue weighted by atomic mass is 16.5. The van der Waals surface area contributed by atoms with Gasteiger partial charge in [0.2, 0.25) is 0 Å². The molecule has 2 fully saturated rings. The van der Waals surface area contributed by atoms with E-state index in [9.17, 15) is 0 Å². The minimum atomic E-state index is -0.259. The van der Waals surface area contributed by atoms with E-state index in [0.29, 0.717) is 30.7 Å². The normalized spacial score (nSPS) is 30.3. The van der Waals surface area contributed by atoms with Crippen molar-refractivity contribution in [1.29, 1.82) is 0 Å². The first-order chi connectivity index (χ1) is 20.9. The van der Waals surface area contributed by atoms with Crippen LogP contribution in [0.5, 0.6) is 0 Å². The Kier molecular flexibility index (Phi) is 9.43. The van der Waals surface area contributed by atoms with E-state index < -0.39 is 0 Å². The van der Waals surface area contributed by atoms with Gasteiger partial charge < -0.3 is 30.3 Å². The minimum absolute atomic E-state index is 0.0670. The zero-order valence-corrected chi connectivity index (χ0v) is 26.5. The van der Waals surface area contributed by atoms with Crippen molar-refractivity contribution >= 4 is 11.4 Å². The summed E-state index contributed by atoms with van der Waals surface area (Å²) in [7, 11) is 6.17. The van der Waals surface area contributed by atoms with Gasteiger partial charge in [-0.2, -0.15) is 0 Å². The van der Waals surface area contributed by atoms with Crippen molar-refractivity contribution in [2.45, 2.75) is 88.4 Å². The molecule has 0 bridgehead atoms. The van der Waals surface area contributed by atoms with Gasteiger partial charge in [0, 0.05) is 37.0 Å². The number of anilines is 1. The summed E-state index contributed by atoms with van der Waals surface area (Å²) >= 11 is 0. The Labute approximate surface area is 258 Å². The molecule has 2 aliphatic carbocycles. The van der Waals surface area contributed by atoms with Crippen LogP contribution in [0.3, 0.4) is 0 Å². The molecular formula is C36H51N5O2. The van der Waals surface area contributed by atoms with Crippen molar-refractivity contribution in [2.24, 2.45) is 5.92 Å². The number of nitrogens with one attached hydrogen (secondary N) is 4. The standard InChI is InChI=1S/C36H51N5O2/c1-36(40-31-7-5-6-8-32(31)43-36)22-21-25-9-11-28(12-10-25)35-38-33(26-13-17-29(18-14-26)37-23-24-42-4)34(39-35)27-15-19-30(20-16-27)41(2)3/h5,7,9-14,17-18,27,30-32,35,37-40H,6,8,15-16,19-24H2,1-4H3.